The van der Waals surface area contributed by atoms with Gasteiger partial charge in [-0.05, 0) is 25.9 Å². The fourth-order valence-corrected chi connectivity index (χ4v) is 1.94. The quantitative estimate of drug-likeness (QED) is 0.555. The molecule has 0 radical (unpaired) electrons. The van der Waals surface area contributed by atoms with Crippen molar-refractivity contribution in [3.8, 4) is 0 Å². The maximum absolute atomic E-state index is 10.7. The number of carboxylic acids is 1. The summed E-state index contributed by atoms with van der Waals surface area (Å²) in [6.45, 7) is 2.39. The van der Waals surface area contributed by atoms with Gasteiger partial charge in [0.25, 0.3) is 0 Å². The van der Waals surface area contributed by atoms with E-state index in [1.54, 1.807) is 0 Å². The lowest BCUT2D eigenvalue weighted by Crippen LogP contribution is -2.42. The summed E-state index contributed by atoms with van der Waals surface area (Å²) < 4.78 is 0. The number of nitrogens with one attached hydrogen (secondary N) is 2. The number of rotatable bonds is 2. The van der Waals surface area contributed by atoms with Crippen molar-refractivity contribution in [1.82, 2.24) is 10.6 Å². The topological polar surface area (TPSA) is 73.7 Å². The highest BCUT2D eigenvalue weighted by molar-refractivity contribution is 5.91. The summed E-state index contributed by atoms with van der Waals surface area (Å²) in [4.78, 5) is 14.9. The Balaban J connectivity index is 1.90. The molecule has 0 aromatic heterocycles. The molecule has 0 aromatic rings. The number of carbonyl (C=O) groups is 1. The third-order valence-electron chi connectivity index (χ3n) is 2.79. The number of aliphatic carboxylic acids is 1. The zero-order chi connectivity index (χ0) is 9.97. The van der Waals surface area contributed by atoms with Gasteiger partial charge in [-0.15, -0.1) is 0 Å². The molecular weight excluding hydrogens is 182 g/mol. The van der Waals surface area contributed by atoms with Gasteiger partial charge in [0.05, 0.1) is 6.54 Å². The number of hydrogen-bond donors (Lipinski definition) is 3. The Morgan fingerprint density at radius 1 is 1.43 bits per heavy atom. The van der Waals surface area contributed by atoms with E-state index >= 15 is 0 Å². The number of hydrogen-bond acceptors (Lipinski definition) is 4. The van der Waals surface area contributed by atoms with Crippen molar-refractivity contribution in [2.75, 3.05) is 19.6 Å². The van der Waals surface area contributed by atoms with Crippen molar-refractivity contribution in [2.24, 2.45) is 10.9 Å². The van der Waals surface area contributed by atoms with E-state index in [9.17, 15) is 4.79 Å². The molecule has 0 amide bonds. The minimum atomic E-state index is -0.808. The van der Waals surface area contributed by atoms with E-state index in [-0.39, 0.29) is 0 Å². The maximum Gasteiger partial charge on any atom is 0.328 e. The van der Waals surface area contributed by atoms with Gasteiger partial charge in [-0.25, -0.2) is 4.79 Å². The Bertz CT molecular complexity index is 259. The molecule has 0 aromatic carbocycles. The number of nitrogens with zero attached hydrogens (tertiary/aromatic N) is 1. The predicted molar refractivity (Wildman–Crippen MR) is 52.5 cm³/mol. The predicted octanol–water partition coefficient (Wildman–Crippen LogP) is -0.559. The molecule has 2 aliphatic heterocycles. The van der Waals surface area contributed by atoms with Gasteiger partial charge in [0.2, 0.25) is 0 Å². The second-order valence-electron chi connectivity index (χ2n) is 3.79. The van der Waals surface area contributed by atoms with E-state index < -0.39 is 12.0 Å². The molecule has 1 fully saturated rings. The van der Waals surface area contributed by atoms with Crippen LogP contribution in [0.3, 0.4) is 0 Å². The highest BCUT2D eigenvalue weighted by atomic mass is 16.4. The van der Waals surface area contributed by atoms with E-state index in [2.05, 4.69) is 15.6 Å². The van der Waals surface area contributed by atoms with Crippen molar-refractivity contribution >= 4 is 11.8 Å². The molecule has 0 saturated carbocycles. The van der Waals surface area contributed by atoms with Gasteiger partial charge in [0.1, 0.15) is 11.9 Å². The maximum atomic E-state index is 10.7. The Morgan fingerprint density at radius 3 is 2.71 bits per heavy atom. The third kappa shape index (κ3) is 1.87. The first-order valence-corrected chi connectivity index (χ1v) is 5.02. The Hall–Kier alpha value is -1.10. The highest BCUT2D eigenvalue weighted by Crippen LogP contribution is 2.15. The molecule has 0 spiro atoms. The minimum absolute atomic E-state index is 0.384. The molecule has 2 heterocycles. The molecule has 0 bridgehead atoms. The van der Waals surface area contributed by atoms with Gasteiger partial charge in [0, 0.05) is 5.92 Å². The van der Waals surface area contributed by atoms with Crippen LogP contribution in [-0.2, 0) is 4.79 Å². The summed E-state index contributed by atoms with van der Waals surface area (Å²) in [6, 6.07) is -0.500. The van der Waals surface area contributed by atoms with Crippen LogP contribution >= 0.6 is 0 Å². The summed E-state index contributed by atoms with van der Waals surface area (Å²) in [5.41, 5.74) is 0. The normalized spacial score (nSPS) is 28.3. The lowest BCUT2D eigenvalue weighted by atomic mass is 9.97. The number of carboxylic acid groups (broad SMARTS) is 1. The van der Waals surface area contributed by atoms with Gasteiger partial charge in [-0.3, -0.25) is 4.99 Å². The van der Waals surface area contributed by atoms with E-state index in [1.165, 1.54) is 0 Å². The molecule has 1 atom stereocenters. The molecule has 3 N–H and O–H groups in total. The van der Waals surface area contributed by atoms with Gasteiger partial charge in [-0.2, -0.15) is 0 Å². The molecule has 5 heteroatoms. The number of piperidine rings is 1. The van der Waals surface area contributed by atoms with Gasteiger partial charge >= 0.3 is 5.97 Å². The molecule has 0 aliphatic carbocycles. The fraction of sp³-hybridized carbons (Fsp3) is 0.778. The first kappa shape index (κ1) is 9.45. The second-order valence-corrected chi connectivity index (χ2v) is 3.79. The van der Waals surface area contributed by atoms with Crippen LogP contribution in [0.5, 0.6) is 0 Å². The van der Waals surface area contributed by atoms with Crippen molar-refractivity contribution in [3.63, 3.8) is 0 Å². The van der Waals surface area contributed by atoms with Crippen LogP contribution in [-0.4, -0.2) is 42.6 Å². The van der Waals surface area contributed by atoms with E-state index in [4.69, 9.17) is 5.11 Å². The third-order valence-corrected chi connectivity index (χ3v) is 2.79. The summed E-state index contributed by atoms with van der Waals surface area (Å²) in [5.74, 6) is 0.525. The van der Waals surface area contributed by atoms with E-state index in [1.807, 2.05) is 0 Å². The summed E-state index contributed by atoms with van der Waals surface area (Å²) >= 11 is 0. The SMILES string of the molecule is O=C(O)C1CN=C(C2CCNCC2)N1. The molecule has 1 unspecified atom stereocenters. The smallest absolute Gasteiger partial charge is 0.328 e. The van der Waals surface area contributed by atoms with Crippen molar-refractivity contribution in [1.29, 1.82) is 0 Å². The molecule has 1 saturated heterocycles. The minimum Gasteiger partial charge on any atom is -0.480 e. The average Bonchev–Trinajstić information content (AvgIpc) is 2.68. The van der Waals surface area contributed by atoms with Crippen LogP contribution < -0.4 is 10.6 Å². The first-order chi connectivity index (χ1) is 6.77. The van der Waals surface area contributed by atoms with Crippen LogP contribution in [0.15, 0.2) is 4.99 Å². The van der Waals surface area contributed by atoms with Crippen LogP contribution in [0.1, 0.15) is 12.8 Å². The van der Waals surface area contributed by atoms with Gasteiger partial charge in [-0.1, -0.05) is 0 Å². The summed E-state index contributed by atoms with van der Waals surface area (Å²) in [5, 5.41) is 15.0. The molecule has 2 rings (SSSR count). The Kier molecular flexibility index (Phi) is 2.67. The fourth-order valence-electron chi connectivity index (χ4n) is 1.94. The first-order valence-electron chi connectivity index (χ1n) is 5.02. The Morgan fingerprint density at radius 2 is 2.14 bits per heavy atom. The Labute approximate surface area is 82.6 Å². The number of amidine groups is 1. The van der Waals surface area contributed by atoms with Crippen LogP contribution in [0.4, 0.5) is 0 Å². The standard InChI is InChI=1S/C9H15N3O2/c13-9(14)7-5-11-8(12-7)6-1-3-10-4-2-6/h6-7,10H,1-5H2,(H,11,12)(H,13,14). The molecule has 5 nitrogen and oxygen atoms in total. The molecular formula is C9H15N3O2. The van der Waals surface area contributed by atoms with Crippen molar-refractivity contribution < 1.29 is 9.90 Å². The second kappa shape index (κ2) is 3.96. The molecule has 14 heavy (non-hydrogen) atoms. The highest BCUT2D eigenvalue weighted by Gasteiger charge is 2.28. The van der Waals surface area contributed by atoms with Gasteiger partial charge in [0.15, 0.2) is 0 Å². The van der Waals surface area contributed by atoms with Crippen LogP contribution in [0.25, 0.3) is 0 Å². The lowest BCUT2D eigenvalue weighted by molar-refractivity contribution is -0.138. The molecule has 2 aliphatic rings. The number of aliphatic imine (C=N–C) groups is 1. The monoisotopic (exact) mass is 197 g/mol. The molecule has 78 valence electrons. The van der Waals surface area contributed by atoms with Crippen LogP contribution in [0, 0.1) is 5.92 Å². The average molecular weight is 197 g/mol. The zero-order valence-corrected chi connectivity index (χ0v) is 7.99. The largest absolute Gasteiger partial charge is 0.480 e. The van der Waals surface area contributed by atoms with Crippen molar-refractivity contribution in [2.45, 2.75) is 18.9 Å². The van der Waals surface area contributed by atoms with Gasteiger partial charge < -0.3 is 15.7 Å². The summed E-state index contributed by atoms with van der Waals surface area (Å²) in [6.07, 6.45) is 2.11. The summed E-state index contributed by atoms with van der Waals surface area (Å²) in [7, 11) is 0. The van der Waals surface area contributed by atoms with E-state index in [0.29, 0.717) is 12.5 Å². The lowest BCUT2D eigenvalue weighted by Gasteiger charge is -2.23. The zero-order valence-electron chi connectivity index (χ0n) is 7.99. The van der Waals surface area contributed by atoms with Crippen molar-refractivity contribution in [3.05, 3.63) is 0 Å². The van der Waals surface area contributed by atoms with Crippen LogP contribution in [0.2, 0.25) is 0 Å². The van der Waals surface area contributed by atoms with E-state index in [0.717, 1.165) is 31.8 Å².